The average Bonchev–Trinajstić information content (AvgIpc) is 2.29. The zero-order valence-electron chi connectivity index (χ0n) is 10.6. The molecule has 1 saturated heterocycles. The van der Waals surface area contributed by atoms with Crippen molar-refractivity contribution < 1.29 is 64.6 Å². The summed E-state index contributed by atoms with van der Waals surface area (Å²) in [5.74, 6) is -2.32. The van der Waals surface area contributed by atoms with Gasteiger partial charge < -0.3 is 30.3 Å². The summed E-state index contributed by atoms with van der Waals surface area (Å²) in [4.78, 5) is 14.1. The molecule has 9 heteroatoms. The average molecular weight is 283 g/mol. The van der Waals surface area contributed by atoms with Gasteiger partial charge in [0.2, 0.25) is 0 Å². The van der Waals surface area contributed by atoms with Gasteiger partial charge in [-0.2, -0.15) is 0 Å². The van der Waals surface area contributed by atoms with Crippen molar-refractivity contribution in [1.29, 1.82) is 0 Å². The van der Waals surface area contributed by atoms with Crippen LogP contribution in [0.4, 0.5) is 0 Å². The van der Waals surface area contributed by atoms with Gasteiger partial charge in [-0.1, -0.05) is 6.58 Å². The number of carbonyl (C=O) groups is 1. The van der Waals surface area contributed by atoms with Crippen LogP contribution in [-0.4, -0.2) is 62.9 Å². The van der Waals surface area contributed by atoms with Crippen LogP contribution >= 0.6 is 0 Å². The molecule has 0 amide bonds. The van der Waals surface area contributed by atoms with Crippen molar-refractivity contribution in [2.45, 2.75) is 37.6 Å². The second kappa shape index (κ2) is 7.34. The molecule has 0 saturated carbocycles. The second-order valence-corrected chi connectivity index (χ2v) is 3.97. The largest absolute Gasteiger partial charge is 1.00 e. The maximum Gasteiger partial charge on any atom is 1.00 e. The number of aliphatic imine (C=N–C) groups is 1. The van der Waals surface area contributed by atoms with E-state index < -0.39 is 42.5 Å². The number of aliphatic hydroxyl groups excluding tert-OH is 3. The van der Waals surface area contributed by atoms with Crippen LogP contribution in [0.15, 0.2) is 17.1 Å². The number of ether oxygens (including phenoxy) is 1. The van der Waals surface area contributed by atoms with Crippen molar-refractivity contribution in [2.24, 2.45) is 4.99 Å². The molecular formula is C10H14NNaO7. The van der Waals surface area contributed by atoms with E-state index >= 15 is 0 Å². The van der Waals surface area contributed by atoms with E-state index in [0.717, 1.165) is 0 Å². The molecule has 1 heterocycles. The first kappa shape index (κ1) is 18.5. The van der Waals surface area contributed by atoms with Crippen molar-refractivity contribution in [1.82, 2.24) is 0 Å². The summed E-state index contributed by atoms with van der Waals surface area (Å²) in [5.41, 5.74) is 0.0679. The molecule has 0 spiro atoms. The van der Waals surface area contributed by atoms with Gasteiger partial charge in [0.05, 0.1) is 0 Å². The predicted molar refractivity (Wildman–Crippen MR) is 56.6 cm³/mol. The van der Waals surface area contributed by atoms with Gasteiger partial charge in [-0.05, 0) is 18.4 Å². The number of rotatable bonds is 3. The Morgan fingerprint density at radius 1 is 1.26 bits per heavy atom. The molecule has 4 N–H and O–H groups in total. The number of aliphatic carboxylic acids is 1. The van der Waals surface area contributed by atoms with Gasteiger partial charge in [-0.25, -0.2) is 4.79 Å². The van der Waals surface area contributed by atoms with Crippen LogP contribution < -0.4 is 34.7 Å². The predicted octanol–water partition coefficient (Wildman–Crippen LogP) is -5.78. The summed E-state index contributed by atoms with van der Waals surface area (Å²) in [7, 11) is 0. The molecule has 19 heavy (non-hydrogen) atoms. The van der Waals surface area contributed by atoms with Gasteiger partial charge in [-0.15, -0.1) is 0 Å². The molecule has 1 rings (SSSR count). The quantitative estimate of drug-likeness (QED) is 0.229. The monoisotopic (exact) mass is 283 g/mol. The molecule has 1 aliphatic heterocycles. The Kier molecular flexibility index (Phi) is 7.16. The molecule has 102 valence electrons. The standard InChI is InChI=1S/C10H15NO7.Na/c1-3(2)8(15)11-9-6(14)4(12)5(13)7(18-9)10(16)17;/h4-7,9,12-14H,1H2,2H3,(H,11,15)(H,16,17);/q;+1/p-1/t4-,5-,6+,7-,9+;/m0./s1. The van der Waals surface area contributed by atoms with Crippen molar-refractivity contribution >= 4 is 11.9 Å². The summed E-state index contributed by atoms with van der Waals surface area (Å²) in [6.07, 6.45) is -8.60. The third kappa shape index (κ3) is 4.25. The minimum absolute atomic E-state index is 0. The van der Waals surface area contributed by atoms with Gasteiger partial charge in [0, 0.05) is 0 Å². The number of aliphatic hydroxyl groups is 3. The summed E-state index contributed by atoms with van der Waals surface area (Å²) in [6, 6.07) is 0. The second-order valence-electron chi connectivity index (χ2n) is 3.97. The van der Waals surface area contributed by atoms with Gasteiger partial charge in [-0.3, -0.25) is 4.99 Å². The molecule has 0 aromatic rings. The maximum atomic E-state index is 11.3. The van der Waals surface area contributed by atoms with E-state index in [0.29, 0.717) is 0 Å². The van der Waals surface area contributed by atoms with Crippen molar-refractivity contribution in [3.63, 3.8) is 0 Å². The van der Waals surface area contributed by atoms with Crippen LogP contribution in [0.25, 0.3) is 0 Å². The SMILES string of the molecule is C=C(C)C([O-])=N[C@@H]1O[C@H](C(=O)O)[C@@H](O)[C@H](O)[C@H]1O.[Na+]. The third-order valence-electron chi connectivity index (χ3n) is 2.44. The van der Waals surface area contributed by atoms with Gasteiger partial charge in [0.25, 0.3) is 0 Å². The number of hydrogen-bond donors (Lipinski definition) is 4. The molecule has 0 aromatic heterocycles. The minimum Gasteiger partial charge on any atom is -0.859 e. The van der Waals surface area contributed by atoms with Crippen LogP contribution in [0.5, 0.6) is 0 Å². The number of nitrogens with zero attached hydrogens (tertiary/aromatic N) is 1. The van der Waals surface area contributed by atoms with E-state index in [1.807, 2.05) is 0 Å². The first-order valence-electron chi connectivity index (χ1n) is 5.09. The Hall–Kier alpha value is -0.480. The molecule has 0 aromatic carbocycles. The van der Waals surface area contributed by atoms with E-state index in [9.17, 15) is 25.2 Å². The minimum atomic E-state index is -1.80. The van der Waals surface area contributed by atoms with E-state index in [4.69, 9.17) is 9.84 Å². The Labute approximate surface area is 131 Å². The summed E-state index contributed by atoms with van der Waals surface area (Å²) >= 11 is 0. The number of carboxylic acid groups (broad SMARTS) is 1. The van der Waals surface area contributed by atoms with E-state index in [1.54, 1.807) is 0 Å². The summed E-state index contributed by atoms with van der Waals surface area (Å²) in [5, 5.41) is 48.4. The summed E-state index contributed by atoms with van der Waals surface area (Å²) in [6.45, 7) is 4.70. The molecule has 0 unspecified atom stereocenters. The molecule has 0 aliphatic carbocycles. The van der Waals surface area contributed by atoms with Gasteiger partial charge >= 0.3 is 35.5 Å². The fourth-order valence-corrected chi connectivity index (χ4v) is 1.40. The van der Waals surface area contributed by atoms with Gasteiger partial charge in [0.15, 0.2) is 12.3 Å². The van der Waals surface area contributed by atoms with Crippen LogP contribution in [0.1, 0.15) is 6.92 Å². The zero-order valence-corrected chi connectivity index (χ0v) is 12.6. The third-order valence-corrected chi connectivity index (χ3v) is 2.44. The van der Waals surface area contributed by atoms with Gasteiger partial charge in [0.1, 0.15) is 18.3 Å². The Balaban J connectivity index is 0.00000324. The molecule has 8 nitrogen and oxygen atoms in total. The Bertz CT molecular complexity index is 386. The van der Waals surface area contributed by atoms with Crippen molar-refractivity contribution in [2.75, 3.05) is 0 Å². The first-order chi connectivity index (χ1) is 8.25. The van der Waals surface area contributed by atoms with E-state index in [-0.39, 0.29) is 35.1 Å². The molecule has 5 atom stereocenters. The Morgan fingerprint density at radius 3 is 2.21 bits per heavy atom. The van der Waals surface area contributed by atoms with E-state index in [1.165, 1.54) is 6.92 Å². The fourth-order valence-electron chi connectivity index (χ4n) is 1.40. The zero-order chi connectivity index (χ0) is 14.0. The van der Waals surface area contributed by atoms with E-state index in [2.05, 4.69) is 11.6 Å². The van der Waals surface area contributed by atoms with Crippen LogP contribution in [0.2, 0.25) is 0 Å². The normalized spacial score (nSPS) is 35.4. The fraction of sp³-hybridized carbons (Fsp3) is 0.600. The first-order valence-corrected chi connectivity index (χ1v) is 5.09. The van der Waals surface area contributed by atoms with Crippen molar-refractivity contribution in [3.8, 4) is 0 Å². The molecule has 0 bridgehead atoms. The van der Waals surface area contributed by atoms with Crippen LogP contribution in [0, 0.1) is 0 Å². The maximum absolute atomic E-state index is 11.3. The molecule has 1 fully saturated rings. The van der Waals surface area contributed by atoms with Crippen molar-refractivity contribution in [3.05, 3.63) is 12.2 Å². The molecular weight excluding hydrogens is 269 g/mol. The smallest absolute Gasteiger partial charge is 0.859 e. The summed E-state index contributed by atoms with van der Waals surface area (Å²) < 4.78 is 4.78. The number of hydrogen-bond acceptors (Lipinski definition) is 7. The molecule has 0 radical (unpaired) electrons. The topological polar surface area (TPSA) is 143 Å². The Morgan fingerprint density at radius 2 is 1.79 bits per heavy atom. The van der Waals surface area contributed by atoms with Crippen LogP contribution in [0.3, 0.4) is 0 Å². The van der Waals surface area contributed by atoms with Crippen LogP contribution in [-0.2, 0) is 9.53 Å². The number of carboxylic acids is 1. The molecule has 1 aliphatic rings.